The molecule has 1 aliphatic rings. The fourth-order valence-electron chi connectivity index (χ4n) is 5.44. The Morgan fingerprint density at radius 3 is 1.98 bits per heavy atom. The lowest BCUT2D eigenvalue weighted by Gasteiger charge is -2.24. The highest BCUT2D eigenvalue weighted by molar-refractivity contribution is 7.92. The second kappa shape index (κ2) is 18.0. The van der Waals surface area contributed by atoms with Crippen LogP contribution in [0.1, 0.15) is 77.9 Å². The number of hydrogen-bond donors (Lipinski definition) is 5. The Labute approximate surface area is 301 Å². The Kier molecular flexibility index (Phi) is 13.7. The Morgan fingerprint density at radius 1 is 0.824 bits per heavy atom. The van der Waals surface area contributed by atoms with Gasteiger partial charge in [-0.2, -0.15) is 0 Å². The van der Waals surface area contributed by atoms with Gasteiger partial charge in [0.05, 0.1) is 24.0 Å². The van der Waals surface area contributed by atoms with Crippen LogP contribution < -0.4 is 30.9 Å². The van der Waals surface area contributed by atoms with E-state index in [2.05, 4.69) is 26.6 Å². The molecule has 0 radical (unpaired) electrons. The van der Waals surface area contributed by atoms with Crippen molar-refractivity contribution in [1.29, 1.82) is 0 Å². The molecule has 1 aliphatic carbocycles. The van der Waals surface area contributed by atoms with Crippen LogP contribution in [-0.2, 0) is 26.0 Å². The van der Waals surface area contributed by atoms with Crippen molar-refractivity contribution in [3.63, 3.8) is 0 Å². The standard InChI is InChI=1S/C38H50N6O6S/c1-6-34(38(48)40-23-28-17-18-28)43-35(45)26(3)39-24-32(19-27-13-9-7-10-14-27)42-37(47)31-20-30(21-33(22-31)44(4)51(5,49)50)36(46)41-25(2)29-15-11-8-12-16-29/h7-16,20-22,25-26,28,32,34,39H,6,17-19,23-24H2,1-5H3,(H,40,48)(H,41,46)(H,42,47)(H,43,45)/t25-,26?,32+,34+/m1/s1. The summed E-state index contributed by atoms with van der Waals surface area (Å²) < 4.78 is 26.0. The molecule has 0 heterocycles. The van der Waals surface area contributed by atoms with Crippen molar-refractivity contribution in [2.24, 2.45) is 5.92 Å². The van der Waals surface area contributed by atoms with Crippen LogP contribution in [0.25, 0.3) is 0 Å². The van der Waals surface area contributed by atoms with E-state index < -0.39 is 40.0 Å². The average Bonchev–Trinajstić information content (AvgIpc) is 3.96. The zero-order valence-corrected chi connectivity index (χ0v) is 30.8. The van der Waals surface area contributed by atoms with Crippen molar-refractivity contribution in [3.05, 3.63) is 101 Å². The second-order valence-electron chi connectivity index (χ2n) is 13.3. The average molecular weight is 719 g/mol. The smallest absolute Gasteiger partial charge is 0.251 e. The van der Waals surface area contributed by atoms with Gasteiger partial charge in [-0.3, -0.25) is 23.5 Å². The monoisotopic (exact) mass is 718 g/mol. The van der Waals surface area contributed by atoms with E-state index in [1.54, 1.807) is 6.92 Å². The van der Waals surface area contributed by atoms with Gasteiger partial charge in [-0.25, -0.2) is 8.42 Å². The summed E-state index contributed by atoms with van der Waals surface area (Å²) in [6, 6.07) is 21.0. The summed E-state index contributed by atoms with van der Waals surface area (Å²) in [7, 11) is -2.36. The van der Waals surface area contributed by atoms with E-state index in [1.807, 2.05) is 74.5 Å². The molecule has 0 aromatic heterocycles. The molecule has 3 aromatic rings. The van der Waals surface area contributed by atoms with E-state index in [-0.39, 0.29) is 41.2 Å². The van der Waals surface area contributed by atoms with Crippen LogP contribution in [0.4, 0.5) is 5.69 Å². The first-order valence-corrected chi connectivity index (χ1v) is 19.2. The van der Waals surface area contributed by atoms with Crippen molar-refractivity contribution in [2.45, 2.75) is 70.6 Å². The number of hydrogen-bond acceptors (Lipinski definition) is 7. The number of sulfonamides is 1. The maximum Gasteiger partial charge on any atom is 0.251 e. The van der Waals surface area contributed by atoms with E-state index in [1.165, 1.54) is 25.2 Å². The molecule has 1 saturated carbocycles. The number of anilines is 1. The molecule has 0 spiro atoms. The van der Waals surface area contributed by atoms with E-state index in [0.29, 0.717) is 25.3 Å². The Morgan fingerprint density at radius 2 is 1.41 bits per heavy atom. The highest BCUT2D eigenvalue weighted by Crippen LogP contribution is 2.27. The zero-order chi connectivity index (χ0) is 37.1. The molecule has 1 fully saturated rings. The fourth-order valence-corrected chi connectivity index (χ4v) is 5.93. The van der Waals surface area contributed by atoms with Crippen molar-refractivity contribution in [3.8, 4) is 0 Å². The molecule has 5 N–H and O–H groups in total. The lowest BCUT2D eigenvalue weighted by atomic mass is 10.0. The lowest BCUT2D eigenvalue weighted by molar-refractivity contribution is -0.129. The van der Waals surface area contributed by atoms with Gasteiger partial charge in [0.15, 0.2) is 0 Å². The SMILES string of the molecule is CC[C@H](NC(=O)C(C)NC[C@H](Cc1ccccc1)NC(=O)c1cc(C(=O)N[C@H](C)c2ccccc2)cc(N(C)S(C)(=O)=O)c1)C(=O)NCC1CC1. The predicted octanol–water partition coefficient (Wildman–Crippen LogP) is 3.31. The van der Waals surface area contributed by atoms with Crippen molar-refractivity contribution in [2.75, 3.05) is 30.7 Å². The molecular weight excluding hydrogens is 669 g/mol. The number of rotatable bonds is 18. The molecule has 51 heavy (non-hydrogen) atoms. The first-order chi connectivity index (χ1) is 24.2. The van der Waals surface area contributed by atoms with E-state index in [9.17, 15) is 27.6 Å². The largest absolute Gasteiger partial charge is 0.354 e. The Bertz CT molecular complexity index is 1770. The first kappa shape index (κ1) is 39.0. The minimum absolute atomic E-state index is 0.0902. The van der Waals surface area contributed by atoms with Gasteiger partial charge in [0.25, 0.3) is 11.8 Å². The molecule has 3 aromatic carbocycles. The highest BCUT2D eigenvalue weighted by atomic mass is 32.2. The molecule has 274 valence electrons. The van der Waals surface area contributed by atoms with Crippen LogP contribution in [0.15, 0.2) is 78.9 Å². The minimum atomic E-state index is -3.72. The first-order valence-electron chi connectivity index (χ1n) is 17.4. The third-order valence-corrected chi connectivity index (χ3v) is 10.2. The molecule has 0 aliphatic heterocycles. The molecule has 0 saturated heterocycles. The Hall–Kier alpha value is -4.75. The van der Waals surface area contributed by atoms with Gasteiger partial charge in [0.1, 0.15) is 6.04 Å². The zero-order valence-electron chi connectivity index (χ0n) is 29.9. The predicted molar refractivity (Wildman–Crippen MR) is 199 cm³/mol. The van der Waals surface area contributed by atoms with Crippen LogP contribution in [0.5, 0.6) is 0 Å². The number of nitrogens with one attached hydrogen (secondary N) is 5. The van der Waals surface area contributed by atoms with Gasteiger partial charge in [0.2, 0.25) is 21.8 Å². The summed E-state index contributed by atoms with van der Waals surface area (Å²) in [4.78, 5) is 53.1. The van der Waals surface area contributed by atoms with Gasteiger partial charge < -0.3 is 26.6 Å². The normalized spacial score (nSPS) is 15.1. The Balaban J connectivity index is 1.51. The van der Waals surface area contributed by atoms with Gasteiger partial charge in [0, 0.05) is 37.3 Å². The van der Waals surface area contributed by atoms with E-state index in [4.69, 9.17) is 0 Å². The van der Waals surface area contributed by atoms with Crippen LogP contribution in [0.3, 0.4) is 0 Å². The molecule has 13 heteroatoms. The number of carbonyl (C=O) groups excluding carboxylic acids is 4. The summed E-state index contributed by atoms with van der Waals surface area (Å²) in [6.07, 6.45) is 4.12. The molecule has 4 atom stereocenters. The highest BCUT2D eigenvalue weighted by Gasteiger charge is 2.27. The molecule has 0 bridgehead atoms. The number of amides is 4. The summed E-state index contributed by atoms with van der Waals surface area (Å²) in [5, 5.41) is 14.9. The molecule has 12 nitrogen and oxygen atoms in total. The topological polar surface area (TPSA) is 166 Å². The molecule has 1 unspecified atom stereocenters. The second-order valence-corrected chi connectivity index (χ2v) is 15.3. The van der Waals surface area contributed by atoms with Crippen molar-refractivity contribution >= 4 is 39.3 Å². The number of carbonyl (C=O) groups is 4. The lowest BCUT2D eigenvalue weighted by Crippen LogP contribution is -2.54. The third-order valence-electron chi connectivity index (χ3n) is 8.98. The fraction of sp³-hybridized carbons (Fsp3) is 0.421. The maximum atomic E-state index is 13.9. The van der Waals surface area contributed by atoms with Gasteiger partial charge in [-0.15, -0.1) is 0 Å². The van der Waals surface area contributed by atoms with Crippen LogP contribution in [-0.4, -0.2) is 76.6 Å². The minimum Gasteiger partial charge on any atom is -0.354 e. The summed E-state index contributed by atoms with van der Waals surface area (Å²) in [5.74, 6) is -1.02. The molecular formula is C38H50N6O6S. The van der Waals surface area contributed by atoms with E-state index >= 15 is 0 Å². The van der Waals surface area contributed by atoms with Crippen LogP contribution in [0.2, 0.25) is 0 Å². The van der Waals surface area contributed by atoms with Crippen LogP contribution in [0, 0.1) is 5.92 Å². The quantitative estimate of drug-likeness (QED) is 0.135. The van der Waals surface area contributed by atoms with Gasteiger partial charge in [-0.05, 0) is 74.8 Å². The van der Waals surface area contributed by atoms with Crippen molar-refractivity contribution < 1.29 is 27.6 Å². The van der Waals surface area contributed by atoms with Gasteiger partial charge >= 0.3 is 0 Å². The summed E-state index contributed by atoms with van der Waals surface area (Å²) in [6.45, 7) is 6.18. The van der Waals surface area contributed by atoms with Gasteiger partial charge in [-0.1, -0.05) is 67.6 Å². The molecule has 4 amide bonds. The van der Waals surface area contributed by atoms with E-state index in [0.717, 1.165) is 34.5 Å². The van der Waals surface area contributed by atoms with Crippen LogP contribution >= 0.6 is 0 Å². The summed E-state index contributed by atoms with van der Waals surface area (Å²) >= 11 is 0. The number of benzene rings is 3. The maximum absolute atomic E-state index is 13.9. The third kappa shape index (κ3) is 11.9. The van der Waals surface area contributed by atoms with Crippen molar-refractivity contribution in [1.82, 2.24) is 26.6 Å². The molecule has 4 rings (SSSR count). The number of nitrogens with zero attached hydrogens (tertiary/aromatic N) is 1. The summed E-state index contributed by atoms with van der Waals surface area (Å²) in [5.41, 5.74) is 2.19.